The van der Waals surface area contributed by atoms with Crippen LogP contribution in [0.2, 0.25) is 0 Å². The summed E-state index contributed by atoms with van der Waals surface area (Å²) in [6, 6.07) is 0. The van der Waals surface area contributed by atoms with E-state index in [2.05, 4.69) is 15.7 Å². The number of rotatable bonds is 4. The Morgan fingerprint density at radius 3 is 2.78 bits per heavy atom. The van der Waals surface area contributed by atoms with E-state index in [-0.39, 0.29) is 5.91 Å². The second-order valence-electron chi connectivity index (χ2n) is 4.85. The molecule has 1 aromatic heterocycles. The number of piperidine rings is 1. The van der Waals surface area contributed by atoms with Gasteiger partial charge in [-0.3, -0.25) is 4.79 Å². The van der Waals surface area contributed by atoms with Gasteiger partial charge in [0, 0.05) is 18.8 Å². The van der Waals surface area contributed by atoms with Crippen molar-refractivity contribution in [3.8, 4) is 0 Å². The molecule has 0 unspecified atom stereocenters. The number of thioether (sulfide) groups is 1. The van der Waals surface area contributed by atoms with Gasteiger partial charge in [-0.25, -0.2) is 0 Å². The van der Waals surface area contributed by atoms with Crippen molar-refractivity contribution in [1.29, 1.82) is 0 Å². The van der Waals surface area contributed by atoms with Crippen LogP contribution in [0.4, 0.5) is 0 Å². The highest BCUT2D eigenvalue weighted by Gasteiger charge is 2.20. The highest BCUT2D eigenvalue weighted by atomic mass is 32.2. The third-order valence-electron chi connectivity index (χ3n) is 3.35. The molecule has 0 aromatic carbocycles. The summed E-state index contributed by atoms with van der Waals surface area (Å²) in [5.74, 6) is 2.39. The van der Waals surface area contributed by atoms with Crippen LogP contribution in [0.25, 0.3) is 0 Å². The van der Waals surface area contributed by atoms with Crippen molar-refractivity contribution in [2.45, 2.75) is 32.4 Å². The van der Waals surface area contributed by atoms with E-state index in [1.165, 1.54) is 11.7 Å². The number of carbonyl (C=O) groups is 1. The van der Waals surface area contributed by atoms with Crippen LogP contribution in [0, 0.1) is 12.8 Å². The molecule has 1 aromatic rings. The molecule has 0 aliphatic carbocycles. The normalized spacial score (nSPS) is 17.1. The van der Waals surface area contributed by atoms with Crippen LogP contribution in [0.1, 0.15) is 31.2 Å². The van der Waals surface area contributed by atoms with Gasteiger partial charge in [-0.2, -0.15) is 8.75 Å². The number of nitrogens with zero attached hydrogens (tertiary/aromatic N) is 3. The van der Waals surface area contributed by atoms with Crippen molar-refractivity contribution >= 4 is 29.4 Å². The highest BCUT2D eigenvalue weighted by molar-refractivity contribution is 7.99. The minimum absolute atomic E-state index is 0.271. The Morgan fingerprint density at radius 2 is 2.17 bits per heavy atom. The quantitative estimate of drug-likeness (QED) is 0.852. The summed E-state index contributed by atoms with van der Waals surface area (Å²) < 4.78 is 8.35. The Labute approximate surface area is 116 Å². The third kappa shape index (κ3) is 3.68. The van der Waals surface area contributed by atoms with Crippen molar-refractivity contribution in [3.05, 3.63) is 11.4 Å². The van der Waals surface area contributed by atoms with Crippen LogP contribution < -0.4 is 0 Å². The molecule has 1 aliphatic rings. The van der Waals surface area contributed by atoms with E-state index in [4.69, 9.17) is 0 Å². The molecule has 0 N–H and O–H groups in total. The number of hydrogen-bond donors (Lipinski definition) is 0. The van der Waals surface area contributed by atoms with E-state index in [0.717, 1.165) is 49.0 Å². The molecule has 0 atom stereocenters. The molecule has 18 heavy (non-hydrogen) atoms. The molecule has 0 spiro atoms. The van der Waals surface area contributed by atoms with Crippen LogP contribution in [0.5, 0.6) is 0 Å². The summed E-state index contributed by atoms with van der Waals surface area (Å²) in [5.41, 5.74) is 2.01. The molecule has 0 bridgehead atoms. The first-order valence-electron chi connectivity index (χ1n) is 6.30. The predicted molar refractivity (Wildman–Crippen MR) is 75.8 cm³/mol. The standard InChI is InChI=1S/C12H19N3OS2/c1-9-3-5-15(6-4-9)12(16)8-17-7-11-10(2)13-18-14-11/h9H,3-8H2,1-2H3. The summed E-state index contributed by atoms with van der Waals surface area (Å²) in [4.78, 5) is 14.0. The molecule has 2 heterocycles. The monoisotopic (exact) mass is 285 g/mol. The smallest absolute Gasteiger partial charge is 0.232 e. The molecule has 1 saturated heterocycles. The lowest BCUT2D eigenvalue weighted by atomic mass is 9.99. The minimum atomic E-state index is 0.271. The number of carbonyl (C=O) groups excluding carboxylic acids is 1. The fraction of sp³-hybridized carbons (Fsp3) is 0.750. The van der Waals surface area contributed by atoms with E-state index < -0.39 is 0 Å². The zero-order chi connectivity index (χ0) is 13.0. The van der Waals surface area contributed by atoms with E-state index in [1.807, 2.05) is 11.8 Å². The molecule has 1 fully saturated rings. The van der Waals surface area contributed by atoms with E-state index in [9.17, 15) is 4.79 Å². The Balaban J connectivity index is 1.70. The van der Waals surface area contributed by atoms with Gasteiger partial charge in [0.05, 0.1) is 28.9 Å². The fourth-order valence-corrected chi connectivity index (χ4v) is 3.54. The van der Waals surface area contributed by atoms with Gasteiger partial charge >= 0.3 is 0 Å². The lowest BCUT2D eigenvalue weighted by molar-refractivity contribution is -0.129. The maximum atomic E-state index is 12.0. The van der Waals surface area contributed by atoms with Gasteiger partial charge in [-0.05, 0) is 25.7 Å². The largest absolute Gasteiger partial charge is 0.342 e. The molecule has 4 nitrogen and oxygen atoms in total. The summed E-state index contributed by atoms with van der Waals surface area (Å²) in [6.45, 7) is 6.08. The van der Waals surface area contributed by atoms with Gasteiger partial charge in [0.2, 0.25) is 5.91 Å². The zero-order valence-electron chi connectivity index (χ0n) is 10.9. The van der Waals surface area contributed by atoms with Crippen molar-refractivity contribution in [1.82, 2.24) is 13.6 Å². The first-order valence-corrected chi connectivity index (χ1v) is 8.19. The Morgan fingerprint density at radius 1 is 1.44 bits per heavy atom. The van der Waals surface area contributed by atoms with Crippen LogP contribution >= 0.6 is 23.5 Å². The van der Waals surface area contributed by atoms with Gasteiger partial charge in [0.25, 0.3) is 0 Å². The summed E-state index contributed by atoms with van der Waals surface area (Å²) in [5, 5.41) is 0. The van der Waals surface area contributed by atoms with E-state index >= 15 is 0 Å². The molecule has 6 heteroatoms. The topological polar surface area (TPSA) is 46.1 Å². The van der Waals surface area contributed by atoms with Crippen molar-refractivity contribution < 1.29 is 4.79 Å². The number of hydrogen-bond acceptors (Lipinski definition) is 5. The number of aromatic nitrogens is 2. The van der Waals surface area contributed by atoms with Gasteiger partial charge in [0.15, 0.2) is 0 Å². The van der Waals surface area contributed by atoms with Gasteiger partial charge in [-0.1, -0.05) is 6.92 Å². The van der Waals surface area contributed by atoms with Gasteiger partial charge in [0.1, 0.15) is 0 Å². The average molecular weight is 285 g/mol. The van der Waals surface area contributed by atoms with Crippen LogP contribution in [-0.4, -0.2) is 38.4 Å². The summed E-state index contributed by atoms with van der Waals surface area (Å²) in [6.07, 6.45) is 2.29. The minimum Gasteiger partial charge on any atom is -0.342 e. The second-order valence-corrected chi connectivity index (χ2v) is 6.37. The number of amides is 1. The van der Waals surface area contributed by atoms with E-state index in [1.54, 1.807) is 11.8 Å². The maximum Gasteiger partial charge on any atom is 0.232 e. The van der Waals surface area contributed by atoms with Crippen molar-refractivity contribution in [3.63, 3.8) is 0 Å². The average Bonchev–Trinajstić information content (AvgIpc) is 2.76. The summed E-state index contributed by atoms with van der Waals surface area (Å²) >= 11 is 2.89. The van der Waals surface area contributed by atoms with Crippen LogP contribution in [0.3, 0.4) is 0 Å². The van der Waals surface area contributed by atoms with E-state index in [0.29, 0.717) is 5.75 Å². The van der Waals surface area contributed by atoms with Gasteiger partial charge in [-0.15, -0.1) is 11.8 Å². The Hall–Kier alpha value is -0.620. The van der Waals surface area contributed by atoms with Crippen LogP contribution in [-0.2, 0) is 10.5 Å². The fourth-order valence-electron chi connectivity index (χ4n) is 1.96. The van der Waals surface area contributed by atoms with Crippen LogP contribution in [0.15, 0.2) is 0 Å². The predicted octanol–water partition coefficient (Wildman–Crippen LogP) is 2.34. The molecule has 2 rings (SSSR count). The Bertz CT molecular complexity index is 400. The second kappa shape index (κ2) is 6.52. The first-order chi connectivity index (χ1) is 8.66. The highest BCUT2D eigenvalue weighted by Crippen LogP contribution is 2.18. The van der Waals surface area contributed by atoms with Gasteiger partial charge < -0.3 is 4.90 Å². The lowest BCUT2D eigenvalue weighted by Crippen LogP contribution is -2.38. The third-order valence-corrected chi connectivity index (χ3v) is 4.93. The van der Waals surface area contributed by atoms with Crippen molar-refractivity contribution in [2.75, 3.05) is 18.8 Å². The molecule has 1 amide bonds. The Kier molecular flexibility index (Phi) is 5.00. The molecular formula is C12H19N3OS2. The molecule has 0 saturated carbocycles. The zero-order valence-corrected chi connectivity index (χ0v) is 12.5. The molecule has 1 aliphatic heterocycles. The lowest BCUT2D eigenvalue weighted by Gasteiger charge is -2.30. The number of aryl methyl sites for hydroxylation is 1. The molecular weight excluding hydrogens is 266 g/mol. The molecule has 100 valence electrons. The first kappa shape index (κ1) is 13.8. The van der Waals surface area contributed by atoms with Crippen molar-refractivity contribution in [2.24, 2.45) is 5.92 Å². The number of likely N-dealkylation sites (tertiary alicyclic amines) is 1. The SMILES string of the molecule is Cc1nsnc1CSCC(=O)N1CCC(C)CC1. The maximum absolute atomic E-state index is 12.0. The molecule has 0 radical (unpaired) electrons. The summed E-state index contributed by atoms with van der Waals surface area (Å²) in [7, 11) is 0.